The van der Waals surface area contributed by atoms with Crippen LogP contribution in [0.1, 0.15) is 0 Å². The second-order valence-electron chi connectivity index (χ2n) is 1.36. The van der Waals surface area contributed by atoms with Gasteiger partial charge in [-0.15, -0.1) is 0 Å². The van der Waals surface area contributed by atoms with Gasteiger partial charge in [-0.3, -0.25) is 0 Å². The van der Waals surface area contributed by atoms with Crippen molar-refractivity contribution in [3.8, 4) is 6.07 Å². The van der Waals surface area contributed by atoms with Crippen LogP contribution in [0.2, 0.25) is 0 Å². The molecule has 2 N–H and O–H groups in total. The number of nitrogens with two attached hydrogens (primary N) is 1. The van der Waals surface area contributed by atoms with Crippen LogP contribution < -0.4 is 5.73 Å². The van der Waals surface area contributed by atoms with E-state index in [-0.39, 0.29) is 20.7 Å². The van der Waals surface area contributed by atoms with Gasteiger partial charge in [0, 0.05) is 6.08 Å². The van der Waals surface area contributed by atoms with Crippen LogP contribution in [0.3, 0.4) is 0 Å². The molecule has 1 aliphatic rings. The van der Waals surface area contributed by atoms with Crippen LogP contribution in [0, 0.1) is 11.3 Å². The summed E-state index contributed by atoms with van der Waals surface area (Å²) in [6, 6.07) is 2.05. The quantitative estimate of drug-likeness (QED) is 0.619. The number of halogens is 1. The van der Waals surface area contributed by atoms with Gasteiger partial charge in [0.05, 0.1) is 7.72 Å². The minimum absolute atomic E-state index is 0.271. The average Bonchev–Trinajstić information content (AvgIpc) is 1.88. The van der Waals surface area contributed by atoms with Crippen molar-refractivity contribution in [1.82, 2.24) is 0 Å². The Kier molecular flexibility index (Phi) is 1.95. The van der Waals surface area contributed by atoms with Gasteiger partial charge >= 0.3 is 0 Å². The van der Waals surface area contributed by atoms with Crippen molar-refractivity contribution in [3.05, 3.63) is 9.66 Å². The lowest BCUT2D eigenvalue weighted by Gasteiger charge is -1.93. The van der Waals surface area contributed by atoms with E-state index in [4.69, 9.17) is 11.0 Å². The molecule has 4 heteroatoms. The Hall–Kier alpha value is -0.700. The van der Waals surface area contributed by atoms with Crippen LogP contribution in [-0.4, -0.2) is 9.97 Å². The molecular formula is C5H4IN3. The summed E-state index contributed by atoms with van der Waals surface area (Å²) in [4.78, 5) is 3.82. The first-order chi connectivity index (χ1) is 4.33. The van der Waals surface area contributed by atoms with E-state index >= 15 is 0 Å². The topological polar surface area (TPSA) is 62.2 Å². The van der Waals surface area contributed by atoms with E-state index in [1.165, 1.54) is 0 Å². The minimum Gasteiger partial charge on any atom is -0.384 e. The number of hydrogen-bond donors (Lipinski definition) is 1. The zero-order valence-electron chi connectivity index (χ0n) is 4.50. The molecule has 0 spiro atoms. The molecule has 1 rings (SSSR count). The number of rotatable bonds is 0. The van der Waals surface area contributed by atoms with Crippen molar-refractivity contribution < 1.29 is 0 Å². The lowest BCUT2D eigenvalue weighted by Crippen LogP contribution is -2.09. The highest BCUT2D eigenvalue weighted by molar-refractivity contribution is 14.2. The van der Waals surface area contributed by atoms with Crippen molar-refractivity contribution in [3.63, 3.8) is 0 Å². The molecule has 0 saturated carbocycles. The Morgan fingerprint density at radius 2 is 2.56 bits per heavy atom. The second-order valence-corrected chi connectivity index (χ2v) is 3.71. The monoisotopic (exact) mass is 233 g/mol. The van der Waals surface area contributed by atoms with Crippen molar-refractivity contribution in [1.29, 1.82) is 5.26 Å². The Labute approximate surface area is 62.6 Å². The molecule has 0 atom stereocenters. The second kappa shape index (κ2) is 2.73. The number of amidine groups is 1. The van der Waals surface area contributed by atoms with Gasteiger partial charge < -0.3 is 5.73 Å². The van der Waals surface area contributed by atoms with Gasteiger partial charge in [0.2, 0.25) is 0 Å². The molecule has 0 aromatic heterocycles. The number of allylic oxidation sites excluding steroid dienone is 1. The molecule has 0 unspecified atom stereocenters. The minimum atomic E-state index is -0.271. The normalized spacial score (nSPS) is 16.8. The fourth-order valence-corrected chi connectivity index (χ4v) is 1.79. The predicted octanol–water partition coefficient (Wildman–Crippen LogP) is 0.495. The maximum atomic E-state index is 8.39. The Morgan fingerprint density at radius 1 is 1.78 bits per heavy atom. The molecule has 0 saturated heterocycles. The van der Waals surface area contributed by atoms with E-state index in [2.05, 4.69) is 11.1 Å². The molecule has 0 radical (unpaired) electrons. The van der Waals surface area contributed by atoms with E-state index in [9.17, 15) is 0 Å². The largest absolute Gasteiger partial charge is 0.384 e. The van der Waals surface area contributed by atoms with Crippen molar-refractivity contribution in [2.75, 3.05) is 0 Å². The molecule has 9 heavy (non-hydrogen) atoms. The molecule has 0 aliphatic carbocycles. The van der Waals surface area contributed by atoms with Gasteiger partial charge in [-0.1, -0.05) is 20.7 Å². The molecule has 1 aliphatic heterocycles. The van der Waals surface area contributed by atoms with Crippen LogP contribution in [0.15, 0.2) is 14.6 Å². The summed E-state index contributed by atoms with van der Waals surface area (Å²) in [6.07, 6.45) is 1.63. The summed E-state index contributed by atoms with van der Waals surface area (Å²) in [5.74, 6) is 0.442. The van der Waals surface area contributed by atoms with E-state index in [0.717, 1.165) is 3.58 Å². The maximum absolute atomic E-state index is 8.39. The standard InChI is InChI=1S/C5H4IN3/c7-2-4-1-5(8)9-3-6-4/h1,3H,(H2,8,9). The first-order valence-corrected chi connectivity index (χ1v) is 4.55. The van der Waals surface area contributed by atoms with Crippen LogP contribution in [-0.2, 0) is 0 Å². The lowest BCUT2D eigenvalue weighted by atomic mass is 10.5. The predicted molar refractivity (Wildman–Crippen MR) is 45.4 cm³/mol. The van der Waals surface area contributed by atoms with Gasteiger partial charge in [-0.25, -0.2) is 4.99 Å². The maximum Gasteiger partial charge on any atom is 0.125 e. The summed E-state index contributed by atoms with van der Waals surface area (Å²) in [7, 11) is 0. The molecule has 0 aromatic carbocycles. The summed E-state index contributed by atoms with van der Waals surface area (Å²) in [5.41, 5.74) is 5.31. The van der Waals surface area contributed by atoms with Crippen LogP contribution in [0.4, 0.5) is 0 Å². The zero-order chi connectivity index (χ0) is 6.69. The molecular weight excluding hydrogens is 229 g/mol. The fourth-order valence-electron chi connectivity index (χ4n) is 0.389. The Bertz CT molecular complexity index is 243. The van der Waals surface area contributed by atoms with Gasteiger partial charge in [0.15, 0.2) is 0 Å². The molecule has 0 aromatic rings. The van der Waals surface area contributed by atoms with Gasteiger partial charge in [0.25, 0.3) is 0 Å². The highest BCUT2D eigenvalue weighted by Crippen LogP contribution is 2.13. The summed E-state index contributed by atoms with van der Waals surface area (Å²) in [6.45, 7) is 0. The van der Waals surface area contributed by atoms with Crippen LogP contribution in [0.5, 0.6) is 0 Å². The first kappa shape index (κ1) is 6.42. The molecule has 0 amide bonds. The van der Waals surface area contributed by atoms with E-state index in [1.54, 1.807) is 10.2 Å². The molecule has 1 heterocycles. The van der Waals surface area contributed by atoms with Crippen molar-refractivity contribution >= 4 is 30.7 Å². The summed E-state index contributed by atoms with van der Waals surface area (Å²) in [5, 5.41) is 8.39. The van der Waals surface area contributed by atoms with Crippen molar-refractivity contribution in [2.45, 2.75) is 0 Å². The summed E-state index contributed by atoms with van der Waals surface area (Å²) < 4.78 is 2.52. The van der Waals surface area contributed by atoms with Crippen LogP contribution in [0.25, 0.3) is 0 Å². The Morgan fingerprint density at radius 3 is 3.00 bits per heavy atom. The van der Waals surface area contributed by atoms with E-state index < -0.39 is 0 Å². The van der Waals surface area contributed by atoms with Gasteiger partial charge in [-0.2, -0.15) is 5.26 Å². The number of aliphatic imine (C=N–C) groups is 1. The Balaban J connectivity index is 2.95. The lowest BCUT2D eigenvalue weighted by molar-refractivity contribution is 1.53. The smallest absolute Gasteiger partial charge is 0.125 e. The number of nitriles is 1. The SMILES string of the molecule is N#CC1=CC(N)=NC=I1. The van der Waals surface area contributed by atoms with Crippen LogP contribution >= 0.6 is 20.7 Å². The number of hydrogen-bond acceptors (Lipinski definition) is 3. The molecule has 0 fully saturated rings. The number of nitrogens with zero attached hydrogens (tertiary/aromatic N) is 2. The molecule has 0 bridgehead atoms. The van der Waals surface area contributed by atoms with Gasteiger partial charge in [-0.05, 0) is 0 Å². The van der Waals surface area contributed by atoms with Crippen molar-refractivity contribution in [2.24, 2.45) is 10.7 Å². The van der Waals surface area contributed by atoms with E-state index in [0.29, 0.717) is 5.84 Å². The third-order valence-corrected chi connectivity index (χ3v) is 2.53. The highest BCUT2D eigenvalue weighted by atomic mass is 127. The first-order valence-electron chi connectivity index (χ1n) is 2.23. The zero-order valence-corrected chi connectivity index (χ0v) is 6.66. The third-order valence-electron chi connectivity index (χ3n) is 0.746. The van der Waals surface area contributed by atoms with Gasteiger partial charge in [0.1, 0.15) is 11.9 Å². The third kappa shape index (κ3) is 1.61. The molecule has 46 valence electrons. The fraction of sp³-hybridized carbons (Fsp3) is 0. The highest BCUT2D eigenvalue weighted by Gasteiger charge is 1.95. The molecule has 3 nitrogen and oxygen atoms in total. The van der Waals surface area contributed by atoms with E-state index in [1.807, 2.05) is 0 Å². The summed E-state index contributed by atoms with van der Waals surface area (Å²) >= 11 is -0.271. The average molecular weight is 233 g/mol.